The van der Waals surface area contributed by atoms with E-state index in [9.17, 15) is 0 Å². The summed E-state index contributed by atoms with van der Waals surface area (Å²) in [5.74, 6) is 0. The van der Waals surface area contributed by atoms with E-state index in [1.807, 2.05) is 0 Å². The Morgan fingerprint density at radius 1 is 1.05 bits per heavy atom. The molecule has 19 heavy (non-hydrogen) atoms. The topological polar surface area (TPSA) is 6.48 Å². The van der Waals surface area contributed by atoms with Crippen LogP contribution >= 0.6 is 0 Å². The average molecular weight is 429 g/mol. The summed E-state index contributed by atoms with van der Waals surface area (Å²) in [7, 11) is 2.07. The molecule has 0 N–H and O–H groups in total. The van der Waals surface area contributed by atoms with Gasteiger partial charge in [-0.2, -0.15) is 29.9 Å². The average Bonchev–Trinajstić information content (AvgIpc) is 2.71. The van der Waals surface area contributed by atoms with Crippen LogP contribution in [0.4, 0.5) is 17.1 Å². The van der Waals surface area contributed by atoms with Gasteiger partial charge in [-0.15, -0.1) is 11.8 Å². The molecular weight excluding hydrogens is 412 g/mol. The van der Waals surface area contributed by atoms with E-state index >= 15 is 0 Å². The van der Waals surface area contributed by atoms with Crippen molar-refractivity contribution < 1.29 is 20.1 Å². The van der Waals surface area contributed by atoms with E-state index in [2.05, 4.69) is 79.8 Å². The first kappa shape index (κ1) is 14.1. The predicted octanol–water partition coefficient (Wildman–Crippen LogP) is 3.81. The molecule has 1 aliphatic heterocycles. The van der Waals surface area contributed by atoms with Crippen molar-refractivity contribution in [2.24, 2.45) is 0 Å². The Bertz CT molecular complexity index is 595. The van der Waals surface area contributed by atoms with Crippen molar-refractivity contribution >= 4 is 17.1 Å². The van der Waals surface area contributed by atoms with E-state index in [1.54, 1.807) is 0 Å². The fraction of sp³-hybridized carbons (Fsp3) is 0.188. The third-order valence-corrected chi connectivity index (χ3v) is 3.48. The van der Waals surface area contributed by atoms with Crippen LogP contribution in [0.5, 0.6) is 0 Å². The van der Waals surface area contributed by atoms with Gasteiger partial charge in [0.1, 0.15) is 0 Å². The van der Waals surface area contributed by atoms with Gasteiger partial charge in [-0.1, -0.05) is 26.0 Å². The summed E-state index contributed by atoms with van der Waals surface area (Å²) in [6.07, 6.45) is 0. The summed E-state index contributed by atoms with van der Waals surface area (Å²) in [5.41, 5.74) is 6.10. The molecule has 0 spiro atoms. The first-order chi connectivity index (χ1) is 8.66. The van der Waals surface area contributed by atoms with Crippen LogP contribution in [0.1, 0.15) is 11.1 Å². The Morgan fingerprint density at radius 3 is 2.42 bits per heavy atom. The maximum Gasteiger partial charge on any atom is 0.0326 e. The van der Waals surface area contributed by atoms with Gasteiger partial charge in [0.15, 0.2) is 0 Å². The molecule has 0 atom stereocenters. The van der Waals surface area contributed by atoms with E-state index in [1.165, 1.54) is 22.5 Å². The summed E-state index contributed by atoms with van der Waals surface area (Å²) in [6.45, 7) is 6.35. The Hall–Kier alpha value is -1.31. The minimum absolute atomic E-state index is 0. The number of fused-ring (bicyclic) bond motifs is 1. The van der Waals surface area contributed by atoms with E-state index in [0.29, 0.717) is 0 Å². The number of hydrogen-bond acceptors (Lipinski definition) is 2. The zero-order valence-corrected chi connectivity index (χ0v) is 13.7. The van der Waals surface area contributed by atoms with Crippen LogP contribution in [-0.2, 0) is 20.1 Å². The molecule has 0 aliphatic carbocycles. The largest absolute Gasteiger partial charge is 0.504 e. The smallest absolute Gasteiger partial charge is 0.0326 e. The van der Waals surface area contributed by atoms with Crippen LogP contribution in [0, 0.1) is 26.6 Å². The Morgan fingerprint density at radius 2 is 1.74 bits per heavy atom. The molecule has 0 unspecified atom stereocenters. The number of rotatable bonds is 1. The van der Waals surface area contributed by atoms with Crippen molar-refractivity contribution in [3.63, 3.8) is 0 Å². The molecule has 3 rings (SSSR count). The number of para-hydroxylation sites is 2. The van der Waals surface area contributed by atoms with Gasteiger partial charge in [-0.3, -0.25) is 0 Å². The van der Waals surface area contributed by atoms with Gasteiger partial charge < -0.3 is 9.80 Å². The number of hydrogen-bond donors (Lipinski definition) is 0. The van der Waals surface area contributed by atoms with E-state index < -0.39 is 0 Å². The van der Waals surface area contributed by atoms with Crippen molar-refractivity contribution in [2.45, 2.75) is 13.8 Å². The Kier molecular flexibility index (Phi) is 3.98. The standard InChI is InChI=1S/C16H16N2.Ir/c1-12-8-9-14(10-13(12)2)18-11-17(3)15-6-4-5-7-16(15)18;/h4-8,10-11H,1-3H3;/q-2;. The van der Waals surface area contributed by atoms with Crippen LogP contribution in [0.3, 0.4) is 0 Å². The second-order valence-electron chi connectivity index (χ2n) is 4.77. The fourth-order valence-corrected chi connectivity index (χ4v) is 2.25. The van der Waals surface area contributed by atoms with E-state index in [0.717, 1.165) is 5.69 Å². The molecule has 2 aromatic rings. The quantitative estimate of drug-likeness (QED) is 0.638. The zero-order valence-electron chi connectivity index (χ0n) is 11.3. The molecule has 1 radical (unpaired) electrons. The zero-order chi connectivity index (χ0) is 12.7. The molecule has 0 aromatic heterocycles. The Labute approximate surface area is 128 Å². The Balaban J connectivity index is 0.00000133. The van der Waals surface area contributed by atoms with Gasteiger partial charge in [-0.05, 0) is 19.2 Å². The maximum absolute atomic E-state index is 3.35. The molecule has 0 amide bonds. The minimum Gasteiger partial charge on any atom is -0.504 e. The molecule has 3 heteroatoms. The third-order valence-electron chi connectivity index (χ3n) is 3.48. The monoisotopic (exact) mass is 429 g/mol. The van der Waals surface area contributed by atoms with Gasteiger partial charge in [0.2, 0.25) is 0 Å². The van der Waals surface area contributed by atoms with Crippen LogP contribution in [0.15, 0.2) is 36.4 Å². The van der Waals surface area contributed by atoms with Gasteiger partial charge in [0.25, 0.3) is 0 Å². The summed E-state index contributed by atoms with van der Waals surface area (Å²) in [4.78, 5) is 4.32. The van der Waals surface area contributed by atoms with Crippen LogP contribution in [-0.4, -0.2) is 7.05 Å². The maximum atomic E-state index is 3.35. The second-order valence-corrected chi connectivity index (χ2v) is 4.77. The van der Waals surface area contributed by atoms with Crippen LogP contribution < -0.4 is 9.80 Å². The van der Waals surface area contributed by atoms with E-state index in [4.69, 9.17) is 0 Å². The minimum atomic E-state index is 0. The van der Waals surface area contributed by atoms with Gasteiger partial charge in [0.05, 0.1) is 0 Å². The number of benzene rings is 2. The summed E-state index contributed by atoms with van der Waals surface area (Å²) in [6, 6.07) is 16.0. The van der Waals surface area contributed by atoms with Crippen molar-refractivity contribution in [2.75, 3.05) is 16.8 Å². The van der Waals surface area contributed by atoms with Gasteiger partial charge in [-0.25, -0.2) is 0 Å². The molecule has 2 aromatic carbocycles. The second kappa shape index (κ2) is 5.36. The summed E-state index contributed by atoms with van der Waals surface area (Å²) >= 11 is 0. The normalized spacial score (nSPS) is 13.2. The number of anilines is 3. The van der Waals surface area contributed by atoms with Crippen molar-refractivity contribution in [1.82, 2.24) is 0 Å². The van der Waals surface area contributed by atoms with Crippen LogP contribution in [0.2, 0.25) is 0 Å². The SMILES string of the molecule is Cc1c[c-]c(N2[CH-]N(C)c3ccccc32)cc1C.[Ir]. The first-order valence-electron chi connectivity index (χ1n) is 6.12. The summed E-state index contributed by atoms with van der Waals surface area (Å²) < 4.78 is 0. The third kappa shape index (κ3) is 2.41. The first-order valence-corrected chi connectivity index (χ1v) is 6.12. The van der Waals surface area contributed by atoms with Crippen molar-refractivity contribution in [3.05, 3.63) is 60.3 Å². The summed E-state index contributed by atoms with van der Waals surface area (Å²) in [5, 5.41) is 0. The predicted molar refractivity (Wildman–Crippen MR) is 76.0 cm³/mol. The van der Waals surface area contributed by atoms with Crippen molar-refractivity contribution in [1.29, 1.82) is 0 Å². The van der Waals surface area contributed by atoms with Gasteiger partial charge >= 0.3 is 0 Å². The molecule has 1 heterocycles. The van der Waals surface area contributed by atoms with Gasteiger partial charge in [0, 0.05) is 31.5 Å². The molecular formula is C16H16IrN2-2. The molecule has 0 saturated heterocycles. The molecule has 2 nitrogen and oxygen atoms in total. The molecule has 1 aliphatic rings. The molecule has 101 valence electrons. The molecule has 0 fully saturated rings. The molecule has 0 saturated carbocycles. The van der Waals surface area contributed by atoms with Crippen molar-refractivity contribution in [3.8, 4) is 0 Å². The molecule has 0 bridgehead atoms. The number of nitrogens with zero attached hydrogens (tertiary/aromatic N) is 2. The van der Waals surface area contributed by atoms with E-state index in [-0.39, 0.29) is 20.1 Å². The van der Waals surface area contributed by atoms with Crippen LogP contribution in [0.25, 0.3) is 0 Å². The number of aryl methyl sites for hydroxylation is 2. The fourth-order valence-electron chi connectivity index (χ4n) is 2.25.